The molecule has 0 bridgehead atoms. The molecule has 0 saturated carbocycles. The Bertz CT molecular complexity index is 351. The molecule has 0 rings (SSSR count). The molecule has 0 radical (unpaired) electrons. The first-order valence-corrected chi connectivity index (χ1v) is 7.38. The fourth-order valence-electron chi connectivity index (χ4n) is 1.25. The molecule has 0 amide bonds. The largest absolute Gasteiger partial charge is 0.610 e. The van der Waals surface area contributed by atoms with Crippen LogP contribution in [0.25, 0.3) is 0 Å². The number of carbonyl (C=O) groups is 2. The van der Waals surface area contributed by atoms with Crippen LogP contribution in [0.4, 0.5) is 0 Å². The molecular formula is C9H18N2O6S2. The molecule has 4 unspecified atom stereocenters. The van der Waals surface area contributed by atoms with Crippen LogP contribution in [-0.4, -0.2) is 45.1 Å². The lowest BCUT2D eigenvalue weighted by Gasteiger charge is -2.39. The minimum absolute atomic E-state index is 0.999. The second-order valence-electron chi connectivity index (χ2n) is 4.76. The van der Waals surface area contributed by atoms with E-state index < -0.39 is 48.1 Å². The number of hydrogen-bond donors (Lipinski definition) is 4. The molecule has 0 heterocycles. The normalized spacial score (nSPS) is 21.9. The van der Waals surface area contributed by atoms with E-state index in [4.69, 9.17) is 21.7 Å². The molecule has 0 aliphatic heterocycles. The van der Waals surface area contributed by atoms with Gasteiger partial charge in [-0.2, -0.15) is 0 Å². The Kier molecular flexibility index (Phi) is 5.31. The van der Waals surface area contributed by atoms with Gasteiger partial charge in [-0.3, -0.25) is 11.5 Å². The number of carboxylic acid groups (broad SMARTS) is 2. The third-order valence-corrected chi connectivity index (χ3v) is 7.10. The molecule has 0 aromatic carbocycles. The Morgan fingerprint density at radius 1 is 0.895 bits per heavy atom. The first-order valence-electron chi connectivity index (χ1n) is 5.08. The Balaban J connectivity index is 5.51. The van der Waals surface area contributed by atoms with Crippen molar-refractivity contribution >= 4 is 34.3 Å². The van der Waals surface area contributed by atoms with Crippen LogP contribution in [0, 0.1) is 0 Å². The van der Waals surface area contributed by atoms with Crippen LogP contribution in [0.5, 0.6) is 0 Å². The van der Waals surface area contributed by atoms with Gasteiger partial charge in [-0.1, -0.05) is 0 Å². The van der Waals surface area contributed by atoms with Crippen molar-refractivity contribution < 1.29 is 28.9 Å². The maximum absolute atomic E-state index is 12.2. The number of nitrogens with two attached hydrogens (primary N) is 2. The summed E-state index contributed by atoms with van der Waals surface area (Å²) in [5.41, 5.74) is 10.8. The standard InChI is InChI=1S/C9H18N2O6S2/c1-7(2,18(16)8(3,10)5(12)13)19(17)9(4,11)6(14)15/h10-11H2,1-4H3,(H,12,13)(H,14,15). The maximum Gasteiger partial charge on any atom is 0.376 e. The lowest BCUT2D eigenvalue weighted by molar-refractivity contribution is -0.140. The van der Waals surface area contributed by atoms with Crippen LogP contribution >= 0.6 is 0 Å². The molecule has 0 saturated heterocycles. The molecule has 112 valence electrons. The summed E-state index contributed by atoms with van der Waals surface area (Å²) >= 11 is -4.66. The van der Waals surface area contributed by atoms with Gasteiger partial charge in [0.05, 0.1) is 0 Å². The first-order chi connectivity index (χ1) is 8.20. The number of hydrogen-bond acceptors (Lipinski definition) is 6. The van der Waals surface area contributed by atoms with Crippen LogP contribution in [-0.2, 0) is 31.9 Å². The topological polar surface area (TPSA) is 173 Å². The Labute approximate surface area is 116 Å². The van der Waals surface area contributed by atoms with Crippen LogP contribution in [0.15, 0.2) is 0 Å². The number of carboxylic acids is 2. The van der Waals surface area contributed by atoms with Gasteiger partial charge in [0.1, 0.15) is 0 Å². The summed E-state index contributed by atoms with van der Waals surface area (Å²) in [6.07, 6.45) is 0. The fourth-order valence-corrected chi connectivity index (χ4v) is 5.20. The summed E-state index contributed by atoms with van der Waals surface area (Å²) in [4.78, 5) is 17.6. The summed E-state index contributed by atoms with van der Waals surface area (Å²) < 4.78 is 22.7. The molecular weight excluding hydrogens is 296 g/mol. The van der Waals surface area contributed by atoms with Crippen molar-refractivity contribution in [1.82, 2.24) is 0 Å². The molecule has 0 fully saturated rings. The molecule has 0 aromatic heterocycles. The molecule has 0 aliphatic rings. The van der Waals surface area contributed by atoms with E-state index in [1.807, 2.05) is 0 Å². The van der Waals surface area contributed by atoms with E-state index in [-0.39, 0.29) is 0 Å². The average Bonchev–Trinajstić information content (AvgIpc) is 2.26. The van der Waals surface area contributed by atoms with Crippen LogP contribution in [0.2, 0.25) is 0 Å². The molecule has 4 atom stereocenters. The van der Waals surface area contributed by atoms with E-state index in [0.717, 1.165) is 13.8 Å². The zero-order chi connectivity index (χ0) is 15.8. The van der Waals surface area contributed by atoms with Crippen LogP contribution < -0.4 is 11.5 Å². The summed E-state index contributed by atoms with van der Waals surface area (Å²) in [6.45, 7) is 4.39. The zero-order valence-electron chi connectivity index (χ0n) is 11.0. The number of aliphatic carboxylic acids is 2. The van der Waals surface area contributed by atoms with Gasteiger partial charge in [0, 0.05) is 50.0 Å². The van der Waals surface area contributed by atoms with Gasteiger partial charge in [-0.15, -0.1) is 0 Å². The minimum atomic E-state index is -2.33. The Morgan fingerprint density at radius 3 is 1.26 bits per heavy atom. The highest BCUT2D eigenvalue weighted by atomic mass is 32.3. The van der Waals surface area contributed by atoms with Gasteiger partial charge in [-0.25, -0.2) is 9.59 Å². The summed E-state index contributed by atoms with van der Waals surface area (Å²) in [7, 11) is 0. The molecule has 0 aromatic rings. The predicted octanol–water partition coefficient (Wildman–Crippen LogP) is -1.26. The smallest absolute Gasteiger partial charge is 0.376 e. The van der Waals surface area contributed by atoms with Crippen molar-refractivity contribution in [3.63, 3.8) is 0 Å². The SMILES string of the molecule is CC(N)(C(=O)O)[S+]([O-])C(C)(C)[S+]([O-])C(C)(N)C(=O)O. The molecule has 19 heavy (non-hydrogen) atoms. The van der Waals surface area contributed by atoms with Gasteiger partial charge < -0.3 is 19.3 Å². The van der Waals surface area contributed by atoms with Crippen molar-refractivity contribution in [1.29, 1.82) is 0 Å². The van der Waals surface area contributed by atoms with Gasteiger partial charge >= 0.3 is 11.9 Å². The summed E-state index contributed by atoms with van der Waals surface area (Å²) in [5.74, 6) is -3.10. The second kappa shape index (κ2) is 5.46. The lowest BCUT2D eigenvalue weighted by Crippen LogP contribution is -2.66. The molecule has 10 heteroatoms. The summed E-state index contributed by atoms with van der Waals surface area (Å²) in [5, 5.41) is 17.8. The quantitative estimate of drug-likeness (QED) is 0.439. The highest BCUT2D eigenvalue weighted by Crippen LogP contribution is 2.36. The maximum atomic E-state index is 12.2. The van der Waals surface area contributed by atoms with E-state index in [1.165, 1.54) is 13.8 Å². The average molecular weight is 314 g/mol. The fraction of sp³-hybridized carbons (Fsp3) is 0.778. The number of rotatable bonds is 6. The van der Waals surface area contributed by atoms with E-state index in [9.17, 15) is 18.7 Å². The zero-order valence-corrected chi connectivity index (χ0v) is 12.6. The van der Waals surface area contributed by atoms with Crippen molar-refractivity contribution in [2.45, 2.75) is 41.5 Å². The minimum Gasteiger partial charge on any atom is -0.610 e. The van der Waals surface area contributed by atoms with E-state index in [2.05, 4.69) is 0 Å². The van der Waals surface area contributed by atoms with Gasteiger partial charge in [0.2, 0.25) is 0 Å². The van der Waals surface area contributed by atoms with Crippen molar-refractivity contribution in [3.05, 3.63) is 0 Å². The molecule has 0 aliphatic carbocycles. The third kappa shape index (κ3) is 3.33. The molecule has 0 spiro atoms. The van der Waals surface area contributed by atoms with Crippen molar-refractivity contribution in [2.75, 3.05) is 0 Å². The van der Waals surface area contributed by atoms with Gasteiger partial charge in [0.25, 0.3) is 13.8 Å². The van der Waals surface area contributed by atoms with Gasteiger partial charge in [0.15, 0.2) is 0 Å². The van der Waals surface area contributed by atoms with Crippen molar-refractivity contribution in [2.24, 2.45) is 11.5 Å². The van der Waals surface area contributed by atoms with E-state index in [0.29, 0.717) is 0 Å². The van der Waals surface area contributed by atoms with Crippen LogP contribution in [0.1, 0.15) is 27.7 Å². The van der Waals surface area contributed by atoms with E-state index >= 15 is 0 Å². The Hall–Kier alpha value is -0.520. The van der Waals surface area contributed by atoms with E-state index in [1.54, 1.807) is 0 Å². The van der Waals surface area contributed by atoms with Crippen molar-refractivity contribution in [3.8, 4) is 0 Å². The first kappa shape index (κ1) is 18.5. The highest BCUT2D eigenvalue weighted by Gasteiger charge is 2.62. The Morgan fingerprint density at radius 2 is 1.11 bits per heavy atom. The lowest BCUT2D eigenvalue weighted by atomic mass is 10.4. The van der Waals surface area contributed by atoms with Crippen LogP contribution in [0.3, 0.4) is 0 Å². The van der Waals surface area contributed by atoms with Gasteiger partial charge in [-0.05, 0) is 0 Å². The predicted molar refractivity (Wildman–Crippen MR) is 70.8 cm³/mol. The molecule has 6 N–H and O–H groups in total. The highest BCUT2D eigenvalue weighted by molar-refractivity contribution is 8.12. The second-order valence-corrected chi connectivity index (χ2v) is 9.83. The third-order valence-electron chi connectivity index (χ3n) is 2.51. The monoisotopic (exact) mass is 314 g/mol. The summed E-state index contributed by atoms with van der Waals surface area (Å²) in [6, 6.07) is 0. The molecule has 8 nitrogen and oxygen atoms in total.